The number of nitrogens with zero attached hydrogens (tertiary/aromatic N) is 3. The number of imidazole rings is 1. The molecule has 178 valence electrons. The zero-order valence-electron chi connectivity index (χ0n) is 19.2. The van der Waals surface area contributed by atoms with Crippen molar-refractivity contribution in [1.82, 2.24) is 14.5 Å². The number of halogens is 2. The molecular formula is C24H30BrClN4O2S. The first kappa shape index (κ1) is 24.5. The molecule has 0 bridgehead atoms. The van der Waals surface area contributed by atoms with E-state index in [1.165, 1.54) is 44.4 Å². The van der Waals surface area contributed by atoms with E-state index in [4.69, 9.17) is 16.6 Å². The smallest absolute Gasteiger partial charge is 0.263 e. The van der Waals surface area contributed by atoms with E-state index in [0.29, 0.717) is 21.8 Å². The van der Waals surface area contributed by atoms with Gasteiger partial charge in [0.15, 0.2) is 0 Å². The summed E-state index contributed by atoms with van der Waals surface area (Å²) >= 11 is 9.16. The third-order valence-corrected chi connectivity index (χ3v) is 8.45. The maximum Gasteiger partial charge on any atom is 0.263 e. The van der Waals surface area contributed by atoms with Crippen LogP contribution in [0.2, 0.25) is 0 Å². The highest BCUT2D eigenvalue weighted by molar-refractivity contribution is 9.10. The number of nitrogens with one attached hydrogen (secondary N) is 1. The largest absolute Gasteiger partial charge is 0.327 e. The minimum absolute atomic E-state index is 0.0709. The van der Waals surface area contributed by atoms with Gasteiger partial charge in [-0.3, -0.25) is 9.71 Å². The quantitative estimate of drug-likeness (QED) is 0.348. The Morgan fingerprint density at radius 1 is 1.18 bits per heavy atom. The molecule has 0 saturated heterocycles. The molecule has 0 unspecified atom stereocenters. The van der Waals surface area contributed by atoms with Crippen LogP contribution in [0.15, 0.2) is 39.8 Å². The number of hydrogen-bond acceptors (Lipinski definition) is 4. The summed E-state index contributed by atoms with van der Waals surface area (Å²) in [4.78, 5) is 9.15. The highest BCUT2D eigenvalue weighted by atomic mass is 79.9. The van der Waals surface area contributed by atoms with Gasteiger partial charge in [-0.2, -0.15) is 0 Å². The van der Waals surface area contributed by atoms with Gasteiger partial charge in [0.2, 0.25) is 0 Å². The Balaban J connectivity index is 1.67. The fraction of sp³-hybridized carbons (Fsp3) is 0.500. The van der Waals surface area contributed by atoms with Crippen molar-refractivity contribution in [1.29, 1.82) is 0 Å². The first-order chi connectivity index (χ1) is 15.6. The Morgan fingerprint density at radius 3 is 2.55 bits per heavy atom. The Morgan fingerprint density at radius 2 is 1.91 bits per heavy atom. The van der Waals surface area contributed by atoms with Gasteiger partial charge in [0.05, 0.1) is 28.3 Å². The first-order valence-corrected chi connectivity index (χ1v) is 14.1. The normalized spacial score (nSPS) is 15.8. The van der Waals surface area contributed by atoms with Crippen LogP contribution in [0.25, 0.3) is 11.0 Å². The third-order valence-electron chi connectivity index (χ3n) is 6.17. The summed E-state index contributed by atoms with van der Waals surface area (Å²) in [7, 11) is -3.80. The van der Waals surface area contributed by atoms with Crippen LogP contribution in [-0.4, -0.2) is 23.0 Å². The Hall–Kier alpha value is -1.64. The number of sulfonamides is 1. The second-order valence-electron chi connectivity index (χ2n) is 9.84. The van der Waals surface area contributed by atoms with Gasteiger partial charge in [-0.1, -0.05) is 40.0 Å². The fourth-order valence-corrected chi connectivity index (χ4v) is 6.52. The average Bonchev–Trinajstić information content (AvgIpc) is 3.12. The van der Waals surface area contributed by atoms with Gasteiger partial charge in [-0.15, -0.1) is 11.6 Å². The van der Waals surface area contributed by atoms with Gasteiger partial charge in [-0.05, 0) is 59.0 Å². The molecule has 0 atom stereocenters. The van der Waals surface area contributed by atoms with E-state index in [1.54, 1.807) is 6.07 Å². The highest BCUT2D eigenvalue weighted by Gasteiger charge is 2.26. The van der Waals surface area contributed by atoms with Gasteiger partial charge in [0.25, 0.3) is 10.0 Å². The molecule has 0 radical (unpaired) electrons. The third kappa shape index (κ3) is 5.38. The van der Waals surface area contributed by atoms with Crippen LogP contribution < -0.4 is 4.72 Å². The lowest BCUT2D eigenvalue weighted by atomic mass is 9.88. The molecule has 1 fully saturated rings. The lowest BCUT2D eigenvalue weighted by Crippen LogP contribution is -2.22. The van der Waals surface area contributed by atoms with Crippen LogP contribution in [0.1, 0.15) is 64.4 Å². The second kappa shape index (κ2) is 9.55. The van der Waals surface area contributed by atoms with Crippen molar-refractivity contribution < 1.29 is 8.42 Å². The monoisotopic (exact) mass is 552 g/mol. The summed E-state index contributed by atoms with van der Waals surface area (Å²) in [6.07, 6.45) is 7.76. The fourth-order valence-electron chi connectivity index (χ4n) is 4.49. The summed E-state index contributed by atoms with van der Waals surface area (Å²) < 4.78 is 31.5. The van der Waals surface area contributed by atoms with Crippen LogP contribution in [0, 0.1) is 5.92 Å². The zero-order chi connectivity index (χ0) is 23.8. The Labute approximate surface area is 209 Å². The second-order valence-corrected chi connectivity index (χ2v) is 12.6. The maximum atomic E-state index is 13.0. The van der Waals surface area contributed by atoms with Crippen molar-refractivity contribution >= 4 is 54.3 Å². The number of hydrogen-bond donors (Lipinski definition) is 1. The molecule has 4 rings (SSSR count). The molecule has 2 heterocycles. The van der Waals surface area contributed by atoms with E-state index < -0.39 is 10.0 Å². The van der Waals surface area contributed by atoms with E-state index in [0.717, 1.165) is 23.4 Å². The molecule has 1 saturated carbocycles. The van der Waals surface area contributed by atoms with Gasteiger partial charge in [0.1, 0.15) is 10.7 Å². The molecule has 0 aliphatic heterocycles. The number of pyridine rings is 1. The van der Waals surface area contributed by atoms with Crippen molar-refractivity contribution in [3.63, 3.8) is 0 Å². The molecule has 6 nitrogen and oxygen atoms in total. The summed E-state index contributed by atoms with van der Waals surface area (Å²) in [6.45, 7) is 7.47. The summed E-state index contributed by atoms with van der Waals surface area (Å²) in [5.74, 6) is 1.90. The summed E-state index contributed by atoms with van der Waals surface area (Å²) in [5, 5.41) is 0. The number of anilines is 1. The average molecular weight is 554 g/mol. The number of rotatable bonds is 6. The Kier molecular flexibility index (Phi) is 7.08. The maximum absolute atomic E-state index is 13.0. The van der Waals surface area contributed by atoms with Gasteiger partial charge >= 0.3 is 0 Å². The van der Waals surface area contributed by atoms with Crippen LogP contribution >= 0.6 is 27.5 Å². The SMILES string of the molecule is CC(C)(C)c1nc2cc(NS(=O)(=O)c3cnc(CCl)c(Br)c3)ccc2n1CC1CCCCC1. The van der Waals surface area contributed by atoms with Crippen molar-refractivity contribution in [3.05, 3.63) is 46.5 Å². The van der Waals surface area contributed by atoms with E-state index in [9.17, 15) is 8.42 Å². The number of aromatic nitrogens is 3. The van der Waals surface area contributed by atoms with E-state index >= 15 is 0 Å². The summed E-state index contributed by atoms with van der Waals surface area (Å²) in [5.41, 5.74) is 2.80. The van der Waals surface area contributed by atoms with Crippen molar-refractivity contribution in [2.45, 2.75) is 75.6 Å². The van der Waals surface area contributed by atoms with Crippen LogP contribution in [0.5, 0.6) is 0 Å². The van der Waals surface area contributed by atoms with Crippen molar-refractivity contribution in [2.24, 2.45) is 5.92 Å². The lowest BCUT2D eigenvalue weighted by Gasteiger charge is -2.26. The van der Waals surface area contributed by atoms with Crippen LogP contribution in [0.3, 0.4) is 0 Å². The first-order valence-electron chi connectivity index (χ1n) is 11.3. The van der Waals surface area contributed by atoms with E-state index in [-0.39, 0.29) is 16.2 Å². The molecule has 3 aromatic rings. The number of benzene rings is 1. The van der Waals surface area contributed by atoms with Gasteiger partial charge in [-0.25, -0.2) is 13.4 Å². The molecule has 33 heavy (non-hydrogen) atoms. The molecule has 9 heteroatoms. The predicted molar refractivity (Wildman–Crippen MR) is 137 cm³/mol. The molecule has 0 spiro atoms. The van der Waals surface area contributed by atoms with Crippen LogP contribution in [0.4, 0.5) is 5.69 Å². The van der Waals surface area contributed by atoms with Gasteiger partial charge < -0.3 is 4.57 Å². The molecule has 1 aliphatic rings. The van der Waals surface area contributed by atoms with E-state index in [1.807, 2.05) is 12.1 Å². The molecule has 1 N–H and O–H groups in total. The standard InChI is InChI=1S/C24H30BrClN4O2S/c1-24(2,3)23-28-20-11-17(9-10-22(20)30(23)15-16-7-5-4-6-8-16)29-33(31,32)18-12-19(25)21(13-26)27-14-18/h9-12,14,16,29H,4-8,13,15H2,1-3H3. The minimum Gasteiger partial charge on any atom is -0.327 e. The molecule has 1 aromatic carbocycles. The molecular weight excluding hydrogens is 524 g/mol. The number of alkyl halides is 1. The van der Waals surface area contributed by atoms with Crippen molar-refractivity contribution in [2.75, 3.05) is 4.72 Å². The van der Waals surface area contributed by atoms with Crippen molar-refractivity contribution in [3.8, 4) is 0 Å². The molecule has 1 aliphatic carbocycles. The van der Waals surface area contributed by atoms with E-state index in [2.05, 4.69) is 51.0 Å². The zero-order valence-corrected chi connectivity index (χ0v) is 22.4. The topological polar surface area (TPSA) is 76.9 Å². The predicted octanol–water partition coefficient (Wildman–Crippen LogP) is 6.61. The van der Waals surface area contributed by atoms with Gasteiger partial charge in [0, 0.05) is 22.6 Å². The Bertz CT molecular complexity index is 1260. The molecule has 2 aromatic heterocycles. The van der Waals surface area contributed by atoms with Crippen LogP contribution in [-0.2, 0) is 27.9 Å². The lowest BCUT2D eigenvalue weighted by molar-refractivity contribution is 0.313. The minimum atomic E-state index is -3.80. The highest BCUT2D eigenvalue weighted by Crippen LogP contribution is 2.32. The summed E-state index contributed by atoms with van der Waals surface area (Å²) in [6, 6.07) is 7.11. The molecule has 0 amide bonds. The number of fused-ring (bicyclic) bond motifs is 1.